The van der Waals surface area contributed by atoms with Crippen LogP contribution in [0.3, 0.4) is 0 Å². The van der Waals surface area contributed by atoms with Gasteiger partial charge in [0.25, 0.3) is 0 Å². The summed E-state index contributed by atoms with van der Waals surface area (Å²) in [5.74, 6) is 1.49. The molecule has 0 saturated heterocycles. The summed E-state index contributed by atoms with van der Waals surface area (Å²) in [4.78, 5) is 11.7. The Morgan fingerprint density at radius 1 is 1.20 bits per heavy atom. The number of nitrogens with one attached hydrogen (secondary N) is 1. The van der Waals surface area contributed by atoms with E-state index in [4.69, 9.17) is 9.47 Å². The van der Waals surface area contributed by atoms with Crippen molar-refractivity contribution in [1.82, 2.24) is 0 Å². The summed E-state index contributed by atoms with van der Waals surface area (Å²) in [5, 5.41) is 2.81. The zero-order chi connectivity index (χ0) is 17.8. The third kappa shape index (κ3) is 4.32. The Morgan fingerprint density at radius 3 is 2.64 bits per heavy atom. The largest absolute Gasteiger partial charge is 0.489 e. The van der Waals surface area contributed by atoms with Gasteiger partial charge in [0.05, 0.1) is 12.8 Å². The number of methoxy groups -OCH3 is 1. The Labute approximate surface area is 149 Å². The summed E-state index contributed by atoms with van der Waals surface area (Å²) in [6, 6.07) is 12.5. The molecule has 0 aromatic heterocycles. The van der Waals surface area contributed by atoms with Crippen molar-refractivity contribution in [3.8, 4) is 5.75 Å². The van der Waals surface area contributed by atoms with Crippen LogP contribution in [0.1, 0.15) is 47.9 Å². The second kappa shape index (κ2) is 7.60. The smallest absolute Gasteiger partial charge is 0.411 e. The van der Waals surface area contributed by atoms with Crippen molar-refractivity contribution < 1.29 is 14.3 Å². The number of anilines is 1. The summed E-state index contributed by atoms with van der Waals surface area (Å²) in [5.41, 5.74) is 5.38. The van der Waals surface area contributed by atoms with Gasteiger partial charge in [0.15, 0.2) is 0 Å². The molecule has 1 amide bonds. The maximum absolute atomic E-state index is 11.7. The van der Waals surface area contributed by atoms with E-state index in [1.807, 2.05) is 18.2 Å². The molecule has 0 bridgehead atoms. The van der Waals surface area contributed by atoms with Gasteiger partial charge in [-0.3, -0.25) is 5.32 Å². The van der Waals surface area contributed by atoms with E-state index in [1.54, 1.807) is 0 Å². The molecule has 25 heavy (non-hydrogen) atoms. The highest BCUT2D eigenvalue weighted by molar-refractivity contribution is 5.85. The number of hydrogen-bond acceptors (Lipinski definition) is 3. The lowest BCUT2D eigenvalue weighted by Gasteiger charge is -2.15. The van der Waals surface area contributed by atoms with Gasteiger partial charge in [-0.15, -0.1) is 0 Å². The molecule has 1 aliphatic rings. The molecule has 4 nitrogen and oxygen atoms in total. The van der Waals surface area contributed by atoms with Gasteiger partial charge in [-0.25, -0.2) is 4.79 Å². The number of amides is 1. The molecule has 0 unspecified atom stereocenters. The zero-order valence-corrected chi connectivity index (χ0v) is 15.1. The minimum atomic E-state index is -0.460. The highest BCUT2D eigenvalue weighted by Crippen LogP contribution is 2.41. The quantitative estimate of drug-likeness (QED) is 0.787. The molecule has 1 N–H and O–H groups in total. The van der Waals surface area contributed by atoms with Gasteiger partial charge in [-0.1, -0.05) is 31.2 Å². The van der Waals surface area contributed by atoms with Gasteiger partial charge in [0, 0.05) is 5.56 Å². The number of rotatable bonds is 6. The van der Waals surface area contributed by atoms with Crippen molar-refractivity contribution in [1.29, 1.82) is 0 Å². The van der Waals surface area contributed by atoms with Crippen molar-refractivity contribution in [2.75, 3.05) is 12.4 Å². The first-order valence-electron chi connectivity index (χ1n) is 8.80. The van der Waals surface area contributed by atoms with Crippen LogP contribution in [0.4, 0.5) is 10.5 Å². The molecule has 0 heterocycles. The van der Waals surface area contributed by atoms with Gasteiger partial charge in [0.1, 0.15) is 12.4 Å². The summed E-state index contributed by atoms with van der Waals surface area (Å²) in [7, 11) is 1.37. The summed E-state index contributed by atoms with van der Waals surface area (Å²) < 4.78 is 10.7. The van der Waals surface area contributed by atoms with Crippen LogP contribution < -0.4 is 10.1 Å². The Hall–Kier alpha value is -2.49. The second-order valence-electron chi connectivity index (χ2n) is 6.55. The van der Waals surface area contributed by atoms with E-state index in [0.717, 1.165) is 29.0 Å². The number of benzene rings is 2. The van der Waals surface area contributed by atoms with Crippen molar-refractivity contribution >= 4 is 11.8 Å². The standard InChI is InChI=1S/C21H25NO3/c1-4-15-5-10-20(14(2)11-15)25-13-18-9-8-17(16-6-7-16)12-19(18)22-21(23)24-3/h5,8-12,16H,4,6-7,13H2,1-3H3,(H,22,23). The zero-order valence-electron chi connectivity index (χ0n) is 15.1. The molecule has 0 spiro atoms. The molecule has 1 fully saturated rings. The molecule has 0 aliphatic heterocycles. The molecule has 2 aromatic rings. The number of hydrogen-bond donors (Lipinski definition) is 1. The van der Waals surface area contributed by atoms with Gasteiger partial charge in [-0.2, -0.15) is 0 Å². The Kier molecular flexibility index (Phi) is 5.27. The van der Waals surface area contributed by atoms with Crippen LogP contribution in [0.25, 0.3) is 0 Å². The van der Waals surface area contributed by atoms with Crippen molar-refractivity contribution in [3.05, 3.63) is 58.7 Å². The maximum atomic E-state index is 11.7. The average Bonchev–Trinajstić information content (AvgIpc) is 3.46. The first-order valence-corrected chi connectivity index (χ1v) is 8.80. The van der Waals surface area contributed by atoms with Gasteiger partial charge < -0.3 is 9.47 Å². The van der Waals surface area contributed by atoms with Crippen LogP contribution in [-0.2, 0) is 17.8 Å². The minimum absolute atomic E-state index is 0.399. The van der Waals surface area contributed by atoms with E-state index >= 15 is 0 Å². The van der Waals surface area contributed by atoms with Gasteiger partial charge in [0.2, 0.25) is 0 Å². The van der Waals surface area contributed by atoms with Crippen LogP contribution in [0.5, 0.6) is 5.75 Å². The van der Waals surface area contributed by atoms with Crippen molar-refractivity contribution in [2.24, 2.45) is 0 Å². The number of carbonyl (C=O) groups is 1. The van der Waals surface area contributed by atoms with Crippen molar-refractivity contribution in [2.45, 2.75) is 45.6 Å². The van der Waals surface area contributed by atoms with Crippen LogP contribution in [0.2, 0.25) is 0 Å². The molecule has 4 heteroatoms. The second-order valence-corrected chi connectivity index (χ2v) is 6.55. The van der Waals surface area contributed by atoms with E-state index in [2.05, 4.69) is 37.4 Å². The molecule has 1 aliphatic carbocycles. The summed E-state index contributed by atoms with van der Waals surface area (Å²) in [6.45, 7) is 4.59. The normalized spacial score (nSPS) is 13.4. The fourth-order valence-electron chi connectivity index (χ4n) is 2.92. The minimum Gasteiger partial charge on any atom is -0.489 e. The lowest BCUT2D eigenvalue weighted by atomic mass is 10.1. The predicted octanol–water partition coefficient (Wildman–Crippen LogP) is 5.19. The van der Waals surface area contributed by atoms with Gasteiger partial charge in [-0.05, 0) is 60.9 Å². The third-order valence-corrected chi connectivity index (χ3v) is 4.64. The third-order valence-electron chi connectivity index (χ3n) is 4.64. The molecular formula is C21H25NO3. The molecule has 2 aromatic carbocycles. The molecule has 132 valence electrons. The Morgan fingerprint density at radius 2 is 2.00 bits per heavy atom. The van der Waals surface area contributed by atoms with E-state index in [-0.39, 0.29) is 0 Å². The average molecular weight is 339 g/mol. The van der Waals surface area contributed by atoms with Crippen molar-refractivity contribution in [3.63, 3.8) is 0 Å². The fraction of sp³-hybridized carbons (Fsp3) is 0.381. The molecule has 3 rings (SSSR count). The van der Waals surface area contributed by atoms with Crippen LogP contribution in [0, 0.1) is 6.92 Å². The van der Waals surface area contributed by atoms with Crippen LogP contribution in [-0.4, -0.2) is 13.2 Å². The fourth-order valence-corrected chi connectivity index (χ4v) is 2.92. The topological polar surface area (TPSA) is 47.6 Å². The van der Waals surface area contributed by atoms with E-state index in [0.29, 0.717) is 12.5 Å². The predicted molar refractivity (Wildman–Crippen MR) is 99.3 cm³/mol. The van der Waals surface area contributed by atoms with Gasteiger partial charge >= 0.3 is 6.09 Å². The van der Waals surface area contributed by atoms with Crippen LogP contribution >= 0.6 is 0 Å². The number of aryl methyl sites for hydroxylation is 2. The lowest BCUT2D eigenvalue weighted by Crippen LogP contribution is -2.13. The number of carbonyl (C=O) groups excluding carboxylic acids is 1. The monoisotopic (exact) mass is 339 g/mol. The molecular weight excluding hydrogens is 314 g/mol. The van der Waals surface area contributed by atoms with E-state index < -0.39 is 6.09 Å². The highest BCUT2D eigenvalue weighted by Gasteiger charge is 2.24. The Balaban J connectivity index is 1.77. The first kappa shape index (κ1) is 17.3. The highest BCUT2D eigenvalue weighted by atomic mass is 16.5. The Bertz CT molecular complexity index is 766. The van der Waals surface area contributed by atoms with Crippen LogP contribution in [0.15, 0.2) is 36.4 Å². The first-order chi connectivity index (χ1) is 12.1. The molecule has 1 saturated carbocycles. The summed E-state index contributed by atoms with van der Waals surface area (Å²) >= 11 is 0. The van der Waals surface area contributed by atoms with E-state index in [1.165, 1.54) is 31.1 Å². The molecule has 0 radical (unpaired) electrons. The van der Waals surface area contributed by atoms with E-state index in [9.17, 15) is 4.79 Å². The number of ether oxygens (including phenoxy) is 2. The molecule has 0 atom stereocenters. The SMILES string of the molecule is CCc1ccc(OCc2ccc(C3CC3)cc2NC(=O)OC)c(C)c1. The lowest BCUT2D eigenvalue weighted by molar-refractivity contribution is 0.187. The summed E-state index contributed by atoms with van der Waals surface area (Å²) in [6.07, 6.45) is 2.99. The maximum Gasteiger partial charge on any atom is 0.411 e.